The third-order valence-electron chi connectivity index (χ3n) is 3.85. The fraction of sp³-hybridized carbons (Fsp3) is 0.300. The van der Waals surface area contributed by atoms with Gasteiger partial charge >= 0.3 is 0 Å². The zero-order chi connectivity index (χ0) is 16.3. The first-order valence-corrected chi connectivity index (χ1v) is 7.69. The molecule has 0 saturated heterocycles. The Morgan fingerprint density at radius 3 is 1.32 bits per heavy atom. The molecule has 2 nitrogen and oxygen atoms in total. The average Bonchev–Trinajstić information content (AvgIpc) is 2.75. The van der Waals surface area contributed by atoms with E-state index >= 15 is 0 Å². The van der Waals surface area contributed by atoms with E-state index < -0.39 is 0 Å². The predicted octanol–water partition coefficient (Wildman–Crippen LogP) is 4.32. The molecule has 0 aliphatic carbocycles. The molecule has 0 unspecified atom stereocenters. The van der Waals surface area contributed by atoms with E-state index in [9.17, 15) is 9.59 Å². The van der Waals surface area contributed by atoms with Crippen LogP contribution >= 0.6 is 0 Å². The van der Waals surface area contributed by atoms with Crippen molar-refractivity contribution in [1.82, 2.24) is 0 Å². The molecule has 2 heteroatoms. The molecule has 0 saturated carbocycles. The normalized spacial score (nSPS) is 11.0. The van der Waals surface area contributed by atoms with Crippen molar-refractivity contribution in [2.45, 2.75) is 39.5 Å². The van der Waals surface area contributed by atoms with Crippen LogP contribution in [0.15, 0.2) is 58.1 Å². The van der Waals surface area contributed by atoms with E-state index in [0.29, 0.717) is 23.0 Å². The monoisotopic (exact) mass is 294 g/mol. The van der Waals surface area contributed by atoms with Gasteiger partial charge in [-0.3, -0.25) is 9.59 Å². The van der Waals surface area contributed by atoms with Crippen LogP contribution in [-0.4, -0.2) is 0 Å². The Bertz CT molecular complexity index is 721. The summed E-state index contributed by atoms with van der Waals surface area (Å²) in [6, 6.07) is 14.2. The van der Waals surface area contributed by atoms with Crippen molar-refractivity contribution in [2.24, 2.45) is 0 Å². The van der Waals surface area contributed by atoms with E-state index in [1.165, 1.54) is 12.1 Å². The van der Waals surface area contributed by atoms with E-state index in [4.69, 9.17) is 0 Å². The summed E-state index contributed by atoms with van der Waals surface area (Å²) in [6.07, 6.45) is 0. The van der Waals surface area contributed by atoms with Gasteiger partial charge < -0.3 is 0 Å². The minimum Gasteiger partial charge on any atom is -0.289 e. The van der Waals surface area contributed by atoms with Crippen LogP contribution in [-0.2, 0) is 0 Å². The van der Waals surface area contributed by atoms with E-state index in [-0.39, 0.29) is 10.9 Å². The van der Waals surface area contributed by atoms with Gasteiger partial charge in [0, 0.05) is 11.1 Å². The van der Waals surface area contributed by atoms with Crippen LogP contribution in [0.2, 0.25) is 0 Å². The number of hydrogen-bond acceptors (Lipinski definition) is 2. The van der Waals surface area contributed by atoms with Gasteiger partial charge in [0.2, 0.25) is 0 Å². The molecule has 2 aromatic rings. The Balaban J connectivity index is 2.83. The predicted molar refractivity (Wildman–Crippen MR) is 92.6 cm³/mol. The van der Waals surface area contributed by atoms with Crippen molar-refractivity contribution in [3.05, 3.63) is 80.1 Å². The molecule has 0 aromatic heterocycles. The van der Waals surface area contributed by atoms with Crippen molar-refractivity contribution in [1.29, 1.82) is 0 Å². The molecule has 114 valence electrons. The molecule has 22 heavy (non-hydrogen) atoms. The summed E-state index contributed by atoms with van der Waals surface area (Å²) in [4.78, 5) is 24.8. The van der Waals surface area contributed by atoms with Crippen LogP contribution < -0.4 is 10.9 Å². The van der Waals surface area contributed by atoms with Crippen molar-refractivity contribution < 1.29 is 0 Å². The Kier molecular flexibility index (Phi) is 4.92. The maximum absolute atomic E-state index is 12.4. The second-order valence-electron chi connectivity index (χ2n) is 6.21. The second-order valence-corrected chi connectivity index (χ2v) is 6.21. The standard InChI is InChI=1S/C20H22O2/c1-13(2)15-7-5-9-19(21)17(11-15)18-12-16(14(3)4)8-6-10-20(18)22/h5-14H,1-4H3. The number of rotatable bonds is 3. The van der Waals surface area contributed by atoms with Crippen LogP contribution in [0.5, 0.6) is 0 Å². The van der Waals surface area contributed by atoms with Gasteiger partial charge in [0.15, 0.2) is 10.9 Å². The van der Waals surface area contributed by atoms with E-state index in [0.717, 1.165) is 11.1 Å². The molecule has 0 N–H and O–H groups in total. The lowest BCUT2D eigenvalue weighted by Gasteiger charge is -2.05. The van der Waals surface area contributed by atoms with Gasteiger partial charge in [0.25, 0.3) is 0 Å². The molecule has 0 heterocycles. The van der Waals surface area contributed by atoms with Crippen LogP contribution in [0.4, 0.5) is 0 Å². The molecule has 0 bridgehead atoms. The highest BCUT2D eigenvalue weighted by Crippen LogP contribution is 2.21. The van der Waals surface area contributed by atoms with Crippen molar-refractivity contribution in [3.63, 3.8) is 0 Å². The smallest absolute Gasteiger partial charge is 0.186 e. The summed E-state index contributed by atoms with van der Waals surface area (Å²) in [5.41, 5.74) is 2.83. The summed E-state index contributed by atoms with van der Waals surface area (Å²) in [6.45, 7) is 8.30. The van der Waals surface area contributed by atoms with E-state index in [2.05, 4.69) is 27.7 Å². The van der Waals surface area contributed by atoms with E-state index in [1.54, 1.807) is 12.1 Å². The molecular weight excluding hydrogens is 272 g/mol. The molecule has 2 rings (SSSR count). The molecule has 0 fully saturated rings. The molecule has 0 aliphatic heterocycles. The Morgan fingerprint density at radius 1 is 0.636 bits per heavy atom. The zero-order valence-electron chi connectivity index (χ0n) is 13.6. The first-order chi connectivity index (χ1) is 10.4. The fourth-order valence-electron chi connectivity index (χ4n) is 2.38. The summed E-state index contributed by atoms with van der Waals surface area (Å²) >= 11 is 0. The molecule has 0 atom stereocenters. The molecule has 0 amide bonds. The quantitative estimate of drug-likeness (QED) is 0.844. The second kappa shape index (κ2) is 6.69. The maximum Gasteiger partial charge on any atom is 0.186 e. The van der Waals surface area contributed by atoms with Crippen LogP contribution in [0.3, 0.4) is 0 Å². The Labute approximate surface area is 131 Å². The van der Waals surface area contributed by atoms with Gasteiger partial charge in [-0.1, -0.05) is 52.0 Å². The van der Waals surface area contributed by atoms with Crippen molar-refractivity contribution in [2.75, 3.05) is 0 Å². The highest BCUT2D eigenvalue weighted by molar-refractivity contribution is 5.64. The molecule has 0 spiro atoms. The first kappa shape index (κ1) is 16.2. The summed E-state index contributed by atoms with van der Waals surface area (Å²) in [7, 11) is 0. The van der Waals surface area contributed by atoms with Crippen LogP contribution in [0, 0.1) is 0 Å². The third-order valence-corrected chi connectivity index (χ3v) is 3.85. The molecule has 0 radical (unpaired) electrons. The van der Waals surface area contributed by atoms with Crippen molar-refractivity contribution >= 4 is 0 Å². The van der Waals surface area contributed by atoms with Gasteiger partial charge in [0.05, 0.1) is 0 Å². The van der Waals surface area contributed by atoms with Crippen LogP contribution in [0.1, 0.15) is 50.7 Å². The van der Waals surface area contributed by atoms with Crippen LogP contribution in [0.25, 0.3) is 11.1 Å². The van der Waals surface area contributed by atoms with Gasteiger partial charge in [-0.05, 0) is 47.2 Å². The van der Waals surface area contributed by atoms with E-state index in [1.807, 2.05) is 24.3 Å². The fourth-order valence-corrected chi connectivity index (χ4v) is 2.38. The topological polar surface area (TPSA) is 34.1 Å². The van der Waals surface area contributed by atoms with Crippen molar-refractivity contribution in [3.8, 4) is 11.1 Å². The lowest BCUT2D eigenvalue weighted by atomic mass is 9.99. The van der Waals surface area contributed by atoms with Gasteiger partial charge in [-0.2, -0.15) is 0 Å². The van der Waals surface area contributed by atoms with Gasteiger partial charge in [0.1, 0.15) is 0 Å². The largest absolute Gasteiger partial charge is 0.289 e. The minimum atomic E-state index is -0.120. The van der Waals surface area contributed by atoms with Gasteiger partial charge in [-0.15, -0.1) is 0 Å². The zero-order valence-corrected chi connectivity index (χ0v) is 13.6. The summed E-state index contributed by atoms with van der Waals surface area (Å²) < 4.78 is 0. The van der Waals surface area contributed by atoms with Gasteiger partial charge in [-0.25, -0.2) is 0 Å². The lowest BCUT2D eigenvalue weighted by molar-refractivity contribution is 0.867. The minimum absolute atomic E-state index is 0.120. The lowest BCUT2D eigenvalue weighted by Crippen LogP contribution is -2.07. The maximum atomic E-state index is 12.4. The average molecular weight is 294 g/mol. The molecular formula is C20H22O2. The highest BCUT2D eigenvalue weighted by Gasteiger charge is 2.09. The third kappa shape index (κ3) is 3.51. The Hall–Kier alpha value is -2.22. The first-order valence-electron chi connectivity index (χ1n) is 7.69. The highest BCUT2D eigenvalue weighted by atomic mass is 16.1. The Morgan fingerprint density at radius 2 is 1.00 bits per heavy atom. The molecule has 0 aliphatic rings. The SMILES string of the molecule is CC(C)c1cccc(=O)c(-c2cc(C(C)C)cccc2=O)c1. The summed E-state index contributed by atoms with van der Waals surface area (Å²) in [5.74, 6) is 0.588. The molecule has 2 aromatic carbocycles. The summed E-state index contributed by atoms with van der Waals surface area (Å²) in [5, 5.41) is 0. The number of hydrogen-bond donors (Lipinski definition) is 0.